The molecule has 6 rings (SSSR count). The van der Waals surface area contributed by atoms with Crippen LogP contribution in [0.2, 0.25) is 0 Å². The van der Waals surface area contributed by atoms with Crippen molar-refractivity contribution in [2.24, 2.45) is 0 Å². The average molecular weight is 553 g/mol. The highest BCUT2D eigenvalue weighted by Crippen LogP contribution is 2.42. The maximum Gasteiger partial charge on any atom is 0.280 e. The molecule has 0 aliphatic carbocycles. The normalized spacial score (nSPS) is 17.1. The minimum Gasteiger partial charge on any atom is -0.497 e. The summed E-state index contributed by atoms with van der Waals surface area (Å²) in [4.78, 5) is 23.2. The highest BCUT2D eigenvalue weighted by Gasteiger charge is 2.40. The van der Waals surface area contributed by atoms with Gasteiger partial charge in [-0.3, -0.25) is 14.3 Å². The fourth-order valence-electron chi connectivity index (χ4n) is 5.30. The molecule has 0 unspecified atom stereocenters. The van der Waals surface area contributed by atoms with E-state index in [2.05, 4.69) is 33.5 Å². The number of nitrogens with zero attached hydrogens (tertiary/aromatic N) is 3. The molecule has 0 saturated carbocycles. The summed E-state index contributed by atoms with van der Waals surface area (Å²) >= 11 is 0. The number of nitrogen functional groups attached to an aromatic ring is 1. The Kier molecular flexibility index (Phi) is 7.17. The molecule has 209 valence electrons. The lowest BCUT2D eigenvalue weighted by Gasteiger charge is -2.37. The molecule has 1 aliphatic heterocycles. The minimum absolute atomic E-state index is 0.0257. The Balaban J connectivity index is 1.35. The van der Waals surface area contributed by atoms with Crippen LogP contribution in [0.5, 0.6) is 11.5 Å². The van der Waals surface area contributed by atoms with Crippen molar-refractivity contribution in [1.82, 2.24) is 19.5 Å². The smallest absolute Gasteiger partial charge is 0.280 e. The second-order valence-electron chi connectivity index (χ2n) is 9.69. The second-order valence-corrected chi connectivity index (χ2v) is 9.69. The molecule has 1 radical (unpaired) electrons. The number of H-pyrrole nitrogens is 1. The molecule has 1 aliphatic rings. The molecule has 0 amide bonds. The number of benzene rings is 3. The van der Waals surface area contributed by atoms with Gasteiger partial charge in [0.05, 0.1) is 33.3 Å². The molecule has 41 heavy (non-hydrogen) atoms. The summed E-state index contributed by atoms with van der Waals surface area (Å²) in [5, 5.41) is 0. The molecule has 3 aromatic carbocycles. The van der Waals surface area contributed by atoms with Crippen molar-refractivity contribution < 1.29 is 18.9 Å². The van der Waals surface area contributed by atoms with E-state index in [0.29, 0.717) is 12.1 Å². The monoisotopic (exact) mass is 552 g/mol. The topological polar surface area (TPSA) is 127 Å². The van der Waals surface area contributed by atoms with Crippen molar-refractivity contribution in [3.05, 3.63) is 119 Å². The average Bonchev–Trinajstić information content (AvgIpc) is 3.66. The van der Waals surface area contributed by atoms with Crippen LogP contribution in [-0.4, -0.2) is 46.4 Å². The molecule has 2 aromatic heterocycles. The van der Waals surface area contributed by atoms with Gasteiger partial charge in [-0.25, -0.2) is 4.98 Å². The molecule has 0 spiro atoms. The Morgan fingerprint density at radius 3 is 2.17 bits per heavy atom. The zero-order chi connectivity index (χ0) is 28.4. The molecular formula is C31H30N5O5. The Hall–Kier alpha value is -4.67. The lowest BCUT2D eigenvalue weighted by molar-refractivity contribution is -0.0702. The van der Waals surface area contributed by atoms with Gasteiger partial charge in [-0.05, 0) is 53.8 Å². The third-order valence-corrected chi connectivity index (χ3v) is 7.33. The van der Waals surface area contributed by atoms with Gasteiger partial charge in [0.1, 0.15) is 23.3 Å². The summed E-state index contributed by atoms with van der Waals surface area (Å²) < 4.78 is 25.9. The maximum absolute atomic E-state index is 12.3. The van der Waals surface area contributed by atoms with Crippen LogP contribution in [0.15, 0.2) is 90.0 Å². The van der Waals surface area contributed by atoms with Crippen LogP contribution in [0, 0.1) is 6.42 Å². The third kappa shape index (κ3) is 4.92. The fraction of sp³-hybridized carbons (Fsp3) is 0.226. The van der Waals surface area contributed by atoms with Crippen molar-refractivity contribution in [1.29, 1.82) is 0 Å². The number of hydrogen-bond donors (Lipinski definition) is 2. The zero-order valence-electron chi connectivity index (χ0n) is 22.7. The van der Waals surface area contributed by atoms with Crippen LogP contribution < -0.4 is 20.8 Å². The first-order chi connectivity index (χ1) is 20.0. The highest BCUT2D eigenvalue weighted by atomic mass is 16.6. The third-order valence-electron chi connectivity index (χ3n) is 7.33. The molecule has 3 N–H and O–H groups in total. The van der Waals surface area contributed by atoms with Crippen molar-refractivity contribution in [3.63, 3.8) is 0 Å². The number of methoxy groups -OCH3 is 2. The molecular weight excluding hydrogens is 522 g/mol. The number of aromatic nitrogens is 4. The molecule has 3 heterocycles. The van der Waals surface area contributed by atoms with Crippen LogP contribution >= 0.6 is 0 Å². The van der Waals surface area contributed by atoms with Crippen LogP contribution in [0.25, 0.3) is 11.2 Å². The van der Waals surface area contributed by atoms with E-state index in [-0.39, 0.29) is 29.7 Å². The van der Waals surface area contributed by atoms with Gasteiger partial charge >= 0.3 is 0 Å². The number of fused-ring (bicyclic) bond motifs is 1. The first-order valence-corrected chi connectivity index (χ1v) is 13.2. The van der Waals surface area contributed by atoms with E-state index in [1.165, 1.54) is 0 Å². The van der Waals surface area contributed by atoms with E-state index in [0.717, 1.165) is 28.2 Å². The number of ether oxygens (including phenoxy) is 4. The van der Waals surface area contributed by atoms with Gasteiger partial charge < -0.3 is 24.7 Å². The van der Waals surface area contributed by atoms with E-state index in [4.69, 9.17) is 24.7 Å². The van der Waals surface area contributed by atoms with Gasteiger partial charge in [-0.15, -0.1) is 0 Å². The molecule has 2 atom stereocenters. The van der Waals surface area contributed by atoms with Gasteiger partial charge in [0.2, 0.25) is 5.95 Å². The van der Waals surface area contributed by atoms with Gasteiger partial charge in [-0.2, -0.15) is 4.98 Å². The number of rotatable bonds is 9. The van der Waals surface area contributed by atoms with Crippen molar-refractivity contribution in [3.8, 4) is 11.5 Å². The molecule has 0 bridgehead atoms. The van der Waals surface area contributed by atoms with Crippen molar-refractivity contribution in [2.45, 2.75) is 24.4 Å². The van der Waals surface area contributed by atoms with Crippen LogP contribution in [0.3, 0.4) is 0 Å². The van der Waals surface area contributed by atoms with E-state index in [1.54, 1.807) is 25.1 Å². The van der Waals surface area contributed by atoms with Gasteiger partial charge in [0.15, 0.2) is 11.2 Å². The Morgan fingerprint density at radius 1 is 0.951 bits per heavy atom. The largest absolute Gasteiger partial charge is 0.497 e. The van der Waals surface area contributed by atoms with Crippen molar-refractivity contribution in [2.75, 3.05) is 26.6 Å². The van der Waals surface area contributed by atoms with Gasteiger partial charge in [0.25, 0.3) is 5.56 Å². The summed E-state index contributed by atoms with van der Waals surface area (Å²) in [6.45, 7) is 0.256. The predicted molar refractivity (Wildman–Crippen MR) is 154 cm³/mol. The lowest BCUT2D eigenvalue weighted by Crippen LogP contribution is -2.35. The minimum atomic E-state index is -0.958. The summed E-state index contributed by atoms with van der Waals surface area (Å²) in [5.41, 5.74) is 7.86. The van der Waals surface area contributed by atoms with E-state index < -0.39 is 11.8 Å². The predicted octanol–water partition coefficient (Wildman–Crippen LogP) is 4.22. The fourth-order valence-corrected chi connectivity index (χ4v) is 5.30. The maximum atomic E-state index is 12.3. The number of nitrogens with two attached hydrogens (primary N) is 1. The number of nitrogens with one attached hydrogen (secondary N) is 1. The van der Waals surface area contributed by atoms with E-state index in [9.17, 15) is 4.79 Å². The first-order valence-electron chi connectivity index (χ1n) is 13.2. The van der Waals surface area contributed by atoms with E-state index >= 15 is 0 Å². The lowest BCUT2D eigenvalue weighted by atomic mass is 9.80. The summed E-state index contributed by atoms with van der Waals surface area (Å²) in [6.07, 6.45) is 3.45. The second kappa shape index (κ2) is 11.1. The van der Waals surface area contributed by atoms with Crippen LogP contribution in [0.1, 0.15) is 29.3 Å². The van der Waals surface area contributed by atoms with Crippen molar-refractivity contribution >= 4 is 17.1 Å². The number of imidazole rings is 1. The number of hydrogen-bond acceptors (Lipinski definition) is 8. The highest BCUT2D eigenvalue weighted by molar-refractivity contribution is 5.70. The van der Waals surface area contributed by atoms with Crippen LogP contribution in [0.4, 0.5) is 5.95 Å². The molecule has 1 saturated heterocycles. The molecule has 1 fully saturated rings. The zero-order valence-corrected chi connectivity index (χ0v) is 22.7. The van der Waals surface area contributed by atoms with Gasteiger partial charge in [0, 0.05) is 0 Å². The Morgan fingerprint density at radius 2 is 1.56 bits per heavy atom. The quantitative estimate of drug-likeness (QED) is 0.260. The van der Waals surface area contributed by atoms with Gasteiger partial charge in [-0.1, -0.05) is 54.6 Å². The Bertz CT molecular complexity index is 1640. The summed E-state index contributed by atoms with van der Waals surface area (Å²) in [6, 6.07) is 25.9. The summed E-state index contributed by atoms with van der Waals surface area (Å²) in [7, 11) is 3.29. The molecule has 10 nitrogen and oxygen atoms in total. The standard InChI is InChI=1S/C31H30N5O5/c1-38-23-12-8-21(9-13-23)31(20-6-4-3-5-7-20,22-10-14-24(39-2)15-11-22)40-18-25-16-17-26(41-25)36-19-33-27-28(36)34-30(32)35-29(27)37/h3-16,19,25-26H,17-18H2,1-2H3,(H3,32,34,35,37)/t25-,26-/m1/s1. The molecule has 5 aromatic rings. The van der Waals surface area contributed by atoms with Crippen LogP contribution in [-0.2, 0) is 15.1 Å². The van der Waals surface area contributed by atoms with E-state index in [1.807, 2.05) is 66.7 Å². The molecule has 10 heteroatoms. The summed E-state index contributed by atoms with van der Waals surface area (Å²) in [5.74, 6) is 1.53. The SMILES string of the molecule is COc1ccc(C(OC[C@H]2[CH]C[C@H](n3cnc4c(=O)[nH]c(N)nc43)O2)(c2ccccc2)c2ccc(OC)cc2)cc1. The first kappa shape index (κ1) is 26.5. The Labute approximate surface area is 236 Å². The number of anilines is 1. The number of aromatic amines is 1.